The molecule has 0 unspecified atom stereocenters. The third-order valence-electron chi connectivity index (χ3n) is 4.44. The fourth-order valence-corrected chi connectivity index (χ4v) is 2.88. The summed E-state index contributed by atoms with van der Waals surface area (Å²) in [7, 11) is 1.52. The first kappa shape index (κ1) is 21.8. The smallest absolute Gasteiger partial charge is 0.326 e. The largest absolute Gasteiger partial charge is 0.497 e. The van der Waals surface area contributed by atoms with Crippen LogP contribution in [0.5, 0.6) is 5.75 Å². The van der Waals surface area contributed by atoms with E-state index in [1.165, 1.54) is 54.5 Å². The van der Waals surface area contributed by atoms with Gasteiger partial charge in [0.25, 0.3) is 5.91 Å². The lowest BCUT2D eigenvalue weighted by atomic mass is 10.2. The van der Waals surface area contributed by atoms with Crippen molar-refractivity contribution in [2.45, 2.75) is 0 Å². The number of methoxy groups -OCH3 is 1. The predicted molar refractivity (Wildman–Crippen MR) is 114 cm³/mol. The van der Waals surface area contributed by atoms with Crippen LogP contribution < -0.4 is 20.3 Å². The Bertz CT molecular complexity index is 1060. The summed E-state index contributed by atoms with van der Waals surface area (Å²) in [5.41, 5.74) is 0.852. The van der Waals surface area contributed by atoms with Crippen LogP contribution in [0.2, 0.25) is 0 Å². The van der Waals surface area contributed by atoms with Gasteiger partial charge in [-0.3, -0.25) is 9.69 Å². The Morgan fingerprint density at radius 3 is 2.42 bits per heavy atom. The first-order chi connectivity index (χ1) is 15.0. The Morgan fingerprint density at radius 2 is 1.71 bits per heavy atom. The van der Waals surface area contributed by atoms with Gasteiger partial charge in [-0.25, -0.2) is 13.6 Å². The van der Waals surface area contributed by atoms with Crippen molar-refractivity contribution < 1.29 is 23.1 Å². The topological polar surface area (TPSA) is 70.7 Å². The van der Waals surface area contributed by atoms with E-state index in [4.69, 9.17) is 4.74 Å². The zero-order chi connectivity index (χ0) is 22.2. The van der Waals surface area contributed by atoms with Gasteiger partial charge in [0, 0.05) is 30.5 Å². The highest BCUT2D eigenvalue weighted by Gasteiger charge is 2.17. The molecule has 0 aliphatic rings. The SMILES string of the molecule is COc1cccc(NC(=O)N(CCNC(=O)c2ccccc2F)c2ccc(F)cc2)c1. The van der Waals surface area contributed by atoms with Gasteiger partial charge < -0.3 is 15.4 Å². The number of hydrogen-bond donors (Lipinski definition) is 2. The fourth-order valence-electron chi connectivity index (χ4n) is 2.88. The van der Waals surface area contributed by atoms with Gasteiger partial charge >= 0.3 is 6.03 Å². The van der Waals surface area contributed by atoms with E-state index in [2.05, 4.69) is 10.6 Å². The van der Waals surface area contributed by atoms with E-state index in [1.54, 1.807) is 30.3 Å². The van der Waals surface area contributed by atoms with Crippen LogP contribution in [0.15, 0.2) is 72.8 Å². The Kier molecular flexibility index (Phi) is 7.16. The van der Waals surface area contributed by atoms with E-state index in [0.717, 1.165) is 0 Å². The summed E-state index contributed by atoms with van der Waals surface area (Å²) in [4.78, 5) is 26.5. The van der Waals surface area contributed by atoms with Gasteiger partial charge in [0.05, 0.1) is 12.7 Å². The molecule has 3 amide bonds. The molecule has 0 aromatic heterocycles. The first-order valence-electron chi connectivity index (χ1n) is 9.49. The summed E-state index contributed by atoms with van der Waals surface area (Å²) in [5, 5.41) is 5.34. The maximum Gasteiger partial charge on any atom is 0.326 e. The van der Waals surface area contributed by atoms with Gasteiger partial charge in [-0.2, -0.15) is 0 Å². The summed E-state index contributed by atoms with van der Waals surface area (Å²) in [6.07, 6.45) is 0. The van der Waals surface area contributed by atoms with Gasteiger partial charge in [0.2, 0.25) is 0 Å². The molecule has 0 saturated heterocycles. The normalized spacial score (nSPS) is 10.3. The van der Waals surface area contributed by atoms with Crippen molar-refractivity contribution in [1.29, 1.82) is 0 Å². The molecule has 160 valence electrons. The van der Waals surface area contributed by atoms with Gasteiger partial charge in [-0.05, 0) is 48.5 Å². The van der Waals surface area contributed by atoms with Crippen molar-refractivity contribution in [3.8, 4) is 5.75 Å². The molecular formula is C23H21F2N3O3. The quantitative estimate of drug-likeness (QED) is 0.588. The molecule has 31 heavy (non-hydrogen) atoms. The van der Waals surface area contributed by atoms with E-state index < -0.39 is 23.6 Å². The summed E-state index contributed by atoms with van der Waals surface area (Å²) in [6.45, 7) is 0.123. The summed E-state index contributed by atoms with van der Waals surface area (Å²) in [6, 6.07) is 17.3. The van der Waals surface area contributed by atoms with Crippen LogP contribution in [0, 0.1) is 11.6 Å². The molecule has 0 heterocycles. The van der Waals surface area contributed by atoms with Gasteiger partial charge in [-0.1, -0.05) is 18.2 Å². The zero-order valence-corrected chi connectivity index (χ0v) is 16.8. The molecule has 0 aliphatic carbocycles. The second-order valence-electron chi connectivity index (χ2n) is 6.53. The average Bonchev–Trinajstić information content (AvgIpc) is 2.77. The molecule has 3 aromatic rings. The molecule has 8 heteroatoms. The monoisotopic (exact) mass is 425 g/mol. The minimum absolute atomic E-state index is 0.0517. The third-order valence-corrected chi connectivity index (χ3v) is 4.44. The van der Waals surface area contributed by atoms with Crippen LogP contribution >= 0.6 is 0 Å². The van der Waals surface area contributed by atoms with Crippen LogP contribution in [0.3, 0.4) is 0 Å². The van der Waals surface area contributed by atoms with Crippen molar-refractivity contribution in [2.24, 2.45) is 0 Å². The molecule has 3 rings (SSSR count). The average molecular weight is 425 g/mol. The Hall–Kier alpha value is -3.94. The number of nitrogens with zero attached hydrogens (tertiary/aromatic N) is 1. The van der Waals surface area contributed by atoms with Gasteiger partial charge in [0.15, 0.2) is 0 Å². The first-order valence-corrected chi connectivity index (χ1v) is 9.49. The number of nitrogens with one attached hydrogen (secondary N) is 2. The number of halogens is 2. The number of carbonyl (C=O) groups excluding carboxylic acids is 2. The van der Waals surface area contributed by atoms with E-state index in [-0.39, 0.29) is 18.7 Å². The van der Waals surface area contributed by atoms with Gasteiger partial charge in [0.1, 0.15) is 17.4 Å². The van der Waals surface area contributed by atoms with E-state index >= 15 is 0 Å². The Balaban J connectivity index is 1.72. The zero-order valence-electron chi connectivity index (χ0n) is 16.8. The minimum Gasteiger partial charge on any atom is -0.497 e. The number of amides is 3. The van der Waals surface area contributed by atoms with Gasteiger partial charge in [-0.15, -0.1) is 0 Å². The van der Waals surface area contributed by atoms with E-state index in [9.17, 15) is 18.4 Å². The number of anilines is 2. The molecule has 0 bridgehead atoms. The standard InChI is InChI=1S/C23H21F2N3O3/c1-31-19-6-4-5-17(15-19)27-23(30)28(18-11-9-16(24)10-12-18)14-13-26-22(29)20-7-2-3-8-21(20)25/h2-12,15H,13-14H2,1H3,(H,26,29)(H,27,30). The predicted octanol–water partition coefficient (Wildman–Crippen LogP) is 4.44. The molecule has 2 N–H and O–H groups in total. The lowest BCUT2D eigenvalue weighted by molar-refractivity contribution is 0.0950. The number of hydrogen-bond acceptors (Lipinski definition) is 3. The van der Waals surface area contributed by atoms with E-state index in [0.29, 0.717) is 17.1 Å². The highest BCUT2D eigenvalue weighted by Crippen LogP contribution is 2.20. The molecule has 0 fully saturated rings. The maximum absolute atomic E-state index is 13.8. The molecule has 0 radical (unpaired) electrons. The number of ether oxygens (including phenoxy) is 1. The van der Waals surface area contributed by atoms with Crippen molar-refractivity contribution in [3.05, 3.63) is 90.0 Å². The highest BCUT2D eigenvalue weighted by atomic mass is 19.1. The van der Waals surface area contributed by atoms with Crippen molar-refractivity contribution in [1.82, 2.24) is 5.32 Å². The second-order valence-corrected chi connectivity index (χ2v) is 6.53. The molecule has 0 spiro atoms. The lowest BCUT2D eigenvalue weighted by Crippen LogP contribution is -2.41. The second kappa shape index (κ2) is 10.2. The van der Waals surface area contributed by atoms with Crippen LogP contribution in [0.25, 0.3) is 0 Å². The molecular weight excluding hydrogens is 404 g/mol. The van der Waals surface area contributed by atoms with Crippen molar-refractivity contribution >= 4 is 23.3 Å². The third kappa shape index (κ3) is 5.79. The number of urea groups is 1. The molecule has 0 aliphatic heterocycles. The van der Waals surface area contributed by atoms with Crippen LogP contribution in [-0.2, 0) is 0 Å². The Labute approximate surface area is 178 Å². The Morgan fingerprint density at radius 1 is 0.968 bits per heavy atom. The summed E-state index contributed by atoms with van der Waals surface area (Å²) < 4.78 is 32.3. The van der Waals surface area contributed by atoms with Crippen molar-refractivity contribution in [2.75, 3.05) is 30.4 Å². The number of benzene rings is 3. The van der Waals surface area contributed by atoms with Crippen molar-refractivity contribution in [3.63, 3.8) is 0 Å². The van der Waals surface area contributed by atoms with Crippen LogP contribution in [-0.4, -0.2) is 32.1 Å². The fraction of sp³-hybridized carbons (Fsp3) is 0.130. The summed E-state index contributed by atoms with van der Waals surface area (Å²) >= 11 is 0. The number of carbonyl (C=O) groups is 2. The highest BCUT2D eigenvalue weighted by molar-refractivity contribution is 6.02. The molecule has 6 nitrogen and oxygen atoms in total. The summed E-state index contributed by atoms with van der Waals surface area (Å²) in [5.74, 6) is -1.09. The lowest BCUT2D eigenvalue weighted by Gasteiger charge is -2.23. The van der Waals surface area contributed by atoms with Crippen LogP contribution in [0.1, 0.15) is 10.4 Å². The molecule has 3 aromatic carbocycles. The minimum atomic E-state index is -0.633. The molecule has 0 saturated carbocycles. The maximum atomic E-state index is 13.8. The van der Waals surface area contributed by atoms with Crippen LogP contribution in [0.4, 0.5) is 25.0 Å². The van der Waals surface area contributed by atoms with E-state index in [1.807, 2.05) is 0 Å². The number of rotatable bonds is 7. The molecule has 0 atom stereocenters.